The molecule has 0 unspecified atom stereocenters. The fraction of sp³-hybridized carbons (Fsp3) is 0.188. The van der Waals surface area contributed by atoms with E-state index in [4.69, 9.17) is 34.3 Å². The summed E-state index contributed by atoms with van der Waals surface area (Å²) in [6.45, 7) is 2.54. The van der Waals surface area contributed by atoms with Crippen molar-refractivity contribution in [3.63, 3.8) is 0 Å². The van der Waals surface area contributed by atoms with E-state index in [1.165, 1.54) is 0 Å². The van der Waals surface area contributed by atoms with Gasteiger partial charge in [0, 0.05) is 10.6 Å². The van der Waals surface area contributed by atoms with E-state index < -0.39 is 0 Å². The molecular formula is C16H16ClNOS. The highest BCUT2D eigenvalue weighted by Gasteiger charge is 2.03. The van der Waals surface area contributed by atoms with Gasteiger partial charge in [-0.25, -0.2) is 0 Å². The van der Waals surface area contributed by atoms with Crippen molar-refractivity contribution in [3.8, 4) is 5.75 Å². The van der Waals surface area contributed by atoms with Gasteiger partial charge in [-0.1, -0.05) is 48.9 Å². The summed E-state index contributed by atoms with van der Waals surface area (Å²) in [5.74, 6) is 0.812. The molecule has 0 amide bonds. The van der Waals surface area contributed by atoms with E-state index >= 15 is 0 Å². The molecule has 0 saturated heterocycles. The normalized spacial score (nSPS) is 10.3. The van der Waals surface area contributed by atoms with Crippen molar-refractivity contribution in [2.24, 2.45) is 5.73 Å². The van der Waals surface area contributed by atoms with Crippen molar-refractivity contribution in [3.05, 3.63) is 64.2 Å². The van der Waals surface area contributed by atoms with Crippen LogP contribution in [-0.4, -0.2) is 4.99 Å². The van der Waals surface area contributed by atoms with Crippen molar-refractivity contribution in [2.75, 3.05) is 0 Å². The van der Waals surface area contributed by atoms with Crippen LogP contribution >= 0.6 is 23.8 Å². The molecule has 4 heteroatoms. The molecule has 0 bridgehead atoms. The number of ether oxygens (including phenoxy) is 1. The largest absolute Gasteiger partial charge is 0.489 e. The van der Waals surface area contributed by atoms with Crippen LogP contribution in [0.5, 0.6) is 5.75 Å². The maximum atomic E-state index is 6.09. The van der Waals surface area contributed by atoms with E-state index in [0.29, 0.717) is 11.6 Å². The van der Waals surface area contributed by atoms with Crippen molar-refractivity contribution >= 4 is 28.8 Å². The Morgan fingerprint density at radius 1 is 1.25 bits per heavy atom. The van der Waals surface area contributed by atoms with E-state index in [1.807, 2.05) is 42.5 Å². The first-order valence-electron chi connectivity index (χ1n) is 6.40. The van der Waals surface area contributed by atoms with Gasteiger partial charge in [-0.05, 0) is 41.8 Å². The summed E-state index contributed by atoms with van der Waals surface area (Å²) in [6.07, 6.45) is 0.882. The van der Waals surface area contributed by atoms with Crippen LogP contribution in [0.15, 0.2) is 42.5 Å². The first-order chi connectivity index (χ1) is 9.60. The van der Waals surface area contributed by atoms with Crippen LogP contribution < -0.4 is 10.5 Å². The Morgan fingerprint density at radius 3 is 2.75 bits per heavy atom. The van der Waals surface area contributed by atoms with Crippen molar-refractivity contribution in [1.82, 2.24) is 0 Å². The molecule has 0 heterocycles. The third-order valence-electron chi connectivity index (χ3n) is 3.02. The van der Waals surface area contributed by atoms with Gasteiger partial charge in [0.2, 0.25) is 0 Å². The number of benzene rings is 2. The summed E-state index contributed by atoms with van der Waals surface area (Å²) < 4.78 is 5.78. The van der Waals surface area contributed by atoms with Crippen LogP contribution in [0.2, 0.25) is 5.02 Å². The molecule has 104 valence electrons. The second kappa shape index (κ2) is 6.73. The summed E-state index contributed by atoms with van der Waals surface area (Å²) in [7, 11) is 0. The predicted molar refractivity (Wildman–Crippen MR) is 87.5 cm³/mol. The average Bonchev–Trinajstić information content (AvgIpc) is 2.46. The number of nitrogens with two attached hydrogens (primary N) is 1. The Morgan fingerprint density at radius 2 is 2.05 bits per heavy atom. The summed E-state index contributed by atoms with van der Waals surface area (Å²) in [5.41, 5.74) is 8.59. The molecule has 20 heavy (non-hydrogen) atoms. The van der Waals surface area contributed by atoms with Gasteiger partial charge in [-0.15, -0.1) is 0 Å². The molecule has 0 atom stereocenters. The molecule has 2 N–H and O–H groups in total. The Bertz CT molecular complexity index is 628. The molecule has 2 rings (SSSR count). The highest BCUT2D eigenvalue weighted by Crippen LogP contribution is 2.23. The van der Waals surface area contributed by atoms with Gasteiger partial charge < -0.3 is 10.5 Å². The lowest BCUT2D eigenvalue weighted by Gasteiger charge is -2.09. The fourth-order valence-electron chi connectivity index (χ4n) is 1.89. The summed E-state index contributed by atoms with van der Waals surface area (Å²) in [4.78, 5) is 0.395. The van der Waals surface area contributed by atoms with Crippen molar-refractivity contribution in [2.45, 2.75) is 20.0 Å². The lowest BCUT2D eigenvalue weighted by atomic mass is 10.1. The number of rotatable bonds is 5. The standard InChI is InChI=1S/C16H16ClNOS/c1-2-12-9-14(6-7-15(12)17)19-10-11-4-3-5-13(8-11)16(18)20/h3-9H,2,10H2,1H3,(H2,18,20). The lowest BCUT2D eigenvalue weighted by molar-refractivity contribution is 0.306. The Balaban J connectivity index is 2.08. The number of thiocarbonyl (C=S) groups is 1. The van der Waals surface area contributed by atoms with Gasteiger partial charge in [-0.2, -0.15) is 0 Å². The molecule has 0 aliphatic heterocycles. The Kier molecular flexibility index (Phi) is 4.99. The predicted octanol–water partition coefficient (Wildman–Crippen LogP) is 4.12. The van der Waals surface area contributed by atoms with E-state index in [9.17, 15) is 0 Å². The molecule has 0 spiro atoms. The van der Waals surface area contributed by atoms with Gasteiger partial charge in [0.15, 0.2) is 0 Å². The first kappa shape index (κ1) is 14.8. The smallest absolute Gasteiger partial charge is 0.120 e. The van der Waals surface area contributed by atoms with Gasteiger partial charge in [-0.3, -0.25) is 0 Å². The van der Waals surface area contributed by atoms with Gasteiger partial charge >= 0.3 is 0 Å². The van der Waals surface area contributed by atoms with Crippen LogP contribution in [-0.2, 0) is 13.0 Å². The zero-order chi connectivity index (χ0) is 14.5. The fourth-order valence-corrected chi connectivity index (χ4v) is 2.27. The number of aryl methyl sites for hydroxylation is 1. The van der Waals surface area contributed by atoms with Crippen molar-refractivity contribution < 1.29 is 4.74 Å². The maximum Gasteiger partial charge on any atom is 0.120 e. The van der Waals surface area contributed by atoms with E-state index in [1.54, 1.807) is 0 Å². The summed E-state index contributed by atoms with van der Waals surface area (Å²) in [5, 5.41) is 0.773. The minimum absolute atomic E-state index is 0.395. The van der Waals surface area contributed by atoms with Gasteiger partial charge in [0.05, 0.1) is 0 Å². The third-order valence-corrected chi connectivity index (χ3v) is 3.62. The zero-order valence-electron chi connectivity index (χ0n) is 11.2. The highest BCUT2D eigenvalue weighted by molar-refractivity contribution is 7.80. The van der Waals surface area contributed by atoms with Crippen LogP contribution in [0.3, 0.4) is 0 Å². The first-order valence-corrected chi connectivity index (χ1v) is 7.18. The third kappa shape index (κ3) is 3.71. The van der Waals surface area contributed by atoms with E-state index in [-0.39, 0.29) is 0 Å². The molecule has 0 radical (unpaired) electrons. The summed E-state index contributed by atoms with van der Waals surface area (Å²) in [6, 6.07) is 13.5. The number of halogens is 1. The second-order valence-electron chi connectivity index (χ2n) is 4.46. The summed E-state index contributed by atoms with van der Waals surface area (Å²) >= 11 is 11.1. The Labute approximate surface area is 129 Å². The molecule has 2 aromatic carbocycles. The Hall–Kier alpha value is -1.58. The lowest BCUT2D eigenvalue weighted by Crippen LogP contribution is -2.09. The van der Waals surface area contributed by atoms with Crippen LogP contribution in [0, 0.1) is 0 Å². The number of hydrogen-bond donors (Lipinski definition) is 1. The topological polar surface area (TPSA) is 35.2 Å². The molecular weight excluding hydrogens is 290 g/mol. The van der Waals surface area contributed by atoms with Crippen molar-refractivity contribution in [1.29, 1.82) is 0 Å². The molecule has 2 aromatic rings. The number of hydrogen-bond acceptors (Lipinski definition) is 2. The molecule has 0 aliphatic carbocycles. The molecule has 0 fully saturated rings. The van der Waals surface area contributed by atoms with Gasteiger partial charge in [0.25, 0.3) is 0 Å². The highest BCUT2D eigenvalue weighted by atomic mass is 35.5. The molecule has 2 nitrogen and oxygen atoms in total. The monoisotopic (exact) mass is 305 g/mol. The molecule has 0 saturated carbocycles. The van der Waals surface area contributed by atoms with E-state index in [0.717, 1.165) is 33.9 Å². The molecule has 0 aromatic heterocycles. The SMILES string of the molecule is CCc1cc(OCc2cccc(C(N)=S)c2)ccc1Cl. The van der Waals surface area contributed by atoms with Crippen LogP contribution in [0.4, 0.5) is 0 Å². The zero-order valence-corrected chi connectivity index (χ0v) is 12.8. The van der Waals surface area contributed by atoms with E-state index in [2.05, 4.69) is 6.92 Å². The van der Waals surface area contributed by atoms with Crippen LogP contribution in [0.25, 0.3) is 0 Å². The second-order valence-corrected chi connectivity index (χ2v) is 5.31. The average molecular weight is 306 g/mol. The minimum Gasteiger partial charge on any atom is -0.489 e. The quantitative estimate of drug-likeness (QED) is 0.844. The van der Waals surface area contributed by atoms with Crippen LogP contribution in [0.1, 0.15) is 23.6 Å². The maximum absolute atomic E-state index is 6.09. The molecule has 0 aliphatic rings. The van der Waals surface area contributed by atoms with Gasteiger partial charge in [0.1, 0.15) is 17.3 Å². The minimum atomic E-state index is 0.395.